The van der Waals surface area contributed by atoms with Crippen molar-refractivity contribution in [2.24, 2.45) is 4.99 Å². The van der Waals surface area contributed by atoms with Gasteiger partial charge in [-0.2, -0.15) is 0 Å². The molecule has 1 aromatic rings. The van der Waals surface area contributed by atoms with E-state index in [1.165, 1.54) is 42.4 Å². The van der Waals surface area contributed by atoms with E-state index in [9.17, 15) is 0 Å². The van der Waals surface area contributed by atoms with Crippen molar-refractivity contribution in [1.29, 1.82) is 0 Å². The molecule has 0 unspecified atom stereocenters. The van der Waals surface area contributed by atoms with E-state index in [1.807, 2.05) is 6.21 Å². The summed E-state index contributed by atoms with van der Waals surface area (Å²) in [5.74, 6) is 0.753. The van der Waals surface area contributed by atoms with Crippen molar-refractivity contribution in [3.8, 4) is 0 Å². The molecule has 0 bridgehead atoms. The lowest BCUT2D eigenvalue weighted by molar-refractivity contribution is 0.00728. The first-order valence-electron chi connectivity index (χ1n) is 8.76. The van der Waals surface area contributed by atoms with Gasteiger partial charge in [0.05, 0.1) is 19.8 Å². The molecule has 2 aliphatic heterocycles. The smallest absolute Gasteiger partial charge is 0.0646 e. The number of aryl methyl sites for hydroxylation is 1. The first kappa shape index (κ1) is 14.4. The SMILES string of the molecule is Cc1cc2c(cc1C1CCC(N3CCOCC3)CC1)CN=C2. The van der Waals surface area contributed by atoms with Gasteiger partial charge in [-0.3, -0.25) is 9.89 Å². The molecule has 3 aliphatic rings. The first-order valence-corrected chi connectivity index (χ1v) is 8.76. The molecule has 1 aromatic carbocycles. The van der Waals surface area contributed by atoms with E-state index in [-0.39, 0.29) is 0 Å². The zero-order valence-electron chi connectivity index (χ0n) is 13.6. The van der Waals surface area contributed by atoms with Crippen molar-refractivity contribution >= 4 is 6.21 Å². The largest absolute Gasteiger partial charge is 0.379 e. The number of aliphatic imine (C=N–C) groups is 1. The average molecular weight is 298 g/mol. The molecule has 22 heavy (non-hydrogen) atoms. The van der Waals surface area contributed by atoms with Crippen LogP contribution >= 0.6 is 0 Å². The van der Waals surface area contributed by atoms with Gasteiger partial charge >= 0.3 is 0 Å². The van der Waals surface area contributed by atoms with Crippen molar-refractivity contribution in [3.05, 3.63) is 34.4 Å². The first-order chi connectivity index (χ1) is 10.8. The molecule has 118 valence electrons. The maximum Gasteiger partial charge on any atom is 0.0646 e. The monoisotopic (exact) mass is 298 g/mol. The molecule has 0 amide bonds. The Morgan fingerprint density at radius 2 is 1.86 bits per heavy atom. The lowest BCUT2D eigenvalue weighted by Crippen LogP contribution is -2.44. The van der Waals surface area contributed by atoms with Gasteiger partial charge in [0.15, 0.2) is 0 Å². The third kappa shape index (κ3) is 2.72. The van der Waals surface area contributed by atoms with Crippen LogP contribution in [0.5, 0.6) is 0 Å². The number of fused-ring (bicyclic) bond motifs is 1. The van der Waals surface area contributed by atoms with Crippen LogP contribution in [0.2, 0.25) is 0 Å². The fourth-order valence-corrected chi connectivity index (χ4v) is 4.43. The topological polar surface area (TPSA) is 24.8 Å². The van der Waals surface area contributed by atoms with E-state index in [0.29, 0.717) is 0 Å². The summed E-state index contributed by atoms with van der Waals surface area (Å²) in [6.07, 6.45) is 7.39. The Kier molecular flexibility index (Phi) is 4.01. The Hall–Kier alpha value is -1.19. The van der Waals surface area contributed by atoms with Crippen LogP contribution in [-0.4, -0.2) is 43.5 Å². The summed E-state index contributed by atoms with van der Waals surface area (Å²) in [7, 11) is 0. The van der Waals surface area contributed by atoms with E-state index < -0.39 is 0 Å². The number of hydrogen-bond donors (Lipinski definition) is 0. The fourth-order valence-electron chi connectivity index (χ4n) is 4.43. The Morgan fingerprint density at radius 3 is 2.64 bits per heavy atom. The maximum atomic E-state index is 5.49. The highest BCUT2D eigenvalue weighted by Gasteiger charge is 2.28. The third-order valence-corrected chi connectivity index (χ3v) is 5.72. The molecule has 2 fully saturated rings. The molecule has 2 heterocycles. The zero-order valence-corrected chi connectivity index (χ0v) is 13.6. The van der Waals surface area contributed by atoms with Crippen LogP contribution in [0.4, 0.5) is 0 Å². The Balaban J connectivity index is 1.43. The van der Waals surface area contributed by atoms with Crippen LogP contribution < -0.4 is 0 Å². The lowest BCUT2D eigenvalue weighted by Gasteiger charge is -2.39. The molecular formula is C19H26N2O. The number of benzene rings is 1. The summed E-state index contributed by atoms with van der Waals surface area (Å²) >= 11 is 0. The minimum Gasteiger partial charge on any atom is -0.379 e. The van der Waals surface area contributed by atoms with Gasteiger partial charge in [-0.15, -0.1) is 0 Å². The number of morpholine rings is 1. The summed E-state index contributed by atoms with van der Waals surface area (Å²) in [5.41, 5.74) is 5.81. The van der Waals surface area contributed by atoms with E-state index in [0.717, 1.165) is 44.8 Å². The second-order valence-corrected chi connectivity index (χ2v) is 7.03. The Morgan fingerprint density at radius 1 is 1.09 bits per heavy atom. The van der Waals surface area contributed by atoms with Gasteiger partial charge in [-0.05, 0) is 66.8 Å². The molecule has 1 aliphatic carbocycles. The number of nitrogens with zero attached hydrogens (tertiary/aromatic N) is 2. The van der Waals surface area contributed by atoms with Gasteiger partial charge in [-0.1, -0.05) is 6.07 Å². The highest BCUT2D eigenvalue weighted by atomic mass is 16.5. The van der Waals surface area contributed by atoms with Crippen molar-refractivity contribution in [1.82, 2.24) is 4.90 Å². The van der Waals surface area contributed by atoms with Gasteiger partial charge in [0, 0.05) is 25.3 Å². The second-order valence-electron chi connectivity index (χ2n) is 7.03. The van der Waals surface area contributed by atoms with Crippen molar-refractivity contribution < 1.29 is 4.74 Å². The van der Waals surface area contributed by atoms with Crippen molar-refractivity contribution in [3.63, 3.8) is 0 Å². The fraction of sp³-hybridized carbons (Fsp3) is 0.632. The van der Waals surface area contributed by atoms with Gasteiger partial charge < -0.3 is 4.74 Å². The minimum absolute atomic E-state index is 0.753. The third-order valence-electron chi connectivity index (χ3n) is 5.72. The minimum atomic E-state index is 0.753. The number of hydrogen-bond acceptors (Lipinski definition) is 3. The Labute approximate surface area is 133 Å². The van der Waals surface area contributed by atoms with Crippen LogP contribution in [0.1, 0.15) is 53.9 Å². The molecule has 0 spiro atoms. The summed E-state index contributed by atoms with van der Waals surface area (Å²) < 4.78 is 5.49. The predicted molar refractivity (Wildman–Crippen MR) is 89.9 cm³/mol. The van der Waals surface area contributed by atoms with Gasteiger partial charge in [0.25, 0.3) is 0 Å². The molecular weight excluding hydrogens is 272 g/mol. The normalized spacial score (nSPS) is 28.8. The number of ether oxygens (including phenoxy) is 1. The molecule has 3 heteroatoms. The lowest BCUT2D eigenvalue weighted by atomic mass is 9.79. The van der Waals surface area contributed by atoms with E-state index in [1.54, 1.807) is 5.56 Å². The second kappa shape index (κ2) is 6.13. The van der Waals surface area contributed by atoms with Gasteiger partial charge in [0.1, 0.15) is 0 Å². The molecule has 0 aromatic heterocycles. The summed E-state index contributed by atoms with van der Waals surface area (Å²) in [6.45, 7) is 7.25. The van der Waals surface area contributed by atoms with Crippen LogP contribution in [0.25, 0.3) is 0 Å². The molecule has 4 rings (SSSR count). The molecule has 0 N–H and O–H groups in total. The van der Waals surface area contributed by atoms with E-state index in [2.05, 4.69) is 28.9 Å². The molecule has 1 saturated carbocycles. The van der Waals surface area contributed by atoms with Gasteiger partial charge in [0.2, 0.25) is 0 Å². The van der Waals surface area contributed by atoms with Crippen LogP contribution in [-0.2, 0) is 11.3 Å². The molecule has 0 atom stereocenters. The zero-order chi connectivity index (χ0) is 14.9. The van der Waals surface area contributed by atoms with Crippen LogP contribution in [0, 0.1) is 6.92 Å². The van der Waals surface area contributed by atoms with E-state index >= 15 is 0 Å². The van der Waals surface area contributed by atoms with Gasteiger partial charge in [-0.25, -0.2) is 0 Å². The van der Waals surface area contributed by atoms with Crippen LogP contribution in [0.3, 0.4) is 0 Å². The maximum absolute atomic E-state index is 5.49. The van der Waals surface area contributed by atoms with Crippen molar-refractivity contribution in [2.45, 2.75) is 51.1 Å². The molecule has 1 saturated heterocycles. The predicted octanol–water partition coefficient (Wildman–Crippen LogP) is 3.29. The Bertz CT molecular complexity index is 567. The molecule has 0 radical (unpaired) electrons. The highest BCUT2D eigenvalue weighted by molar-refractivity contribution is 5.85. The standard InChI is InChI=1S/C19H26N2O/c1-14-10-16-12-20-13-17(16)11-19(14)15-2-4-18(5-3-15)21-6-8-22-9-7-21/h10-12,15,18H,2-9,13H2,1H3. The van der Waals surface area contributed by atoms with E-state index in [4.69, 9.17) is 4.74 Å². The van der Waals surface area contributed by atoms with Crippen molar-refractivity contribution in [2.75, 3.05) is 26.3 Å². The molecule has 3 nitrogen and oxygen atoms in total. The summed E-state index contributed by atoms with van der Waals surface area (Å²) in [5, 5.41) is 0. The van der Waals surface area contributed by atoms with Crippen LogP contribution in [0.15, 0.2) is 17.1 Å². The highest BCUT2D eigenvalue weighted by Crippen LogP contribution is 2.37. The average Bonchev–Trinajstić information content (AvgIpc) is 3.02. The summed E-state index contributed by atoms with van der Waals surface area (Å²) in [6, 6.07) is 5.57. The quantitative estimate of drug-likeness (QED) is 0.837. The number of rotatable bonds is 2. The summed E-state index contributed by atoms with van der Waals surface area (Å²) in [4.78, 5) is 7.06.